The maximum absolute atomic E-state index is 13.8. The Bertz CT molecular complexity index is 1080. The van der Waals surface area contributed by atoms with Crippen LogP contribution in [0.25, 0.3) is 0 Å². The number of amides is 2. The Morgan fingerprint density at radius 3 is 2.50 bits per heavy atom. The van der Waals surface area contributed by atoms with E-state index in [9.17, 15) is 14.3 Å². The van der Waals surface area contributed by atoms with Crippen molar-refractivity contribution in [2.45, 2.75) is 50.5 Å². The summed E-state index contributed by atoms with van der Waals surface area (Å²) in [5, 5.41) is 14.0. The van der Waals surface area contributed by atoms with E-state index < -0.39 is 5.60 Å². The number of aliphatic hydroxyl groups is 1. The number of ether oxygens (including phenoxy) is 1. The van der Waals surface area contributed by atoms with Crippen LogP contribution in [0.3, 0.4) is 0 Å². The zero-order valence-electron chi connectivity index (χ0n) is 19.3. The average molecular weight is 464 g/mol. The third-order valence-corrected chi connectivity index (χ3v) is 6.50. The van der Waals surface area contributed by atoms with Crippen LogP contribution in [0.2, 0.25) is 0 Å². The van der Waals surface area contributed by atoms with Crippen molar-refractivity contribution in [1.29, 1.82) is 0 Å². The molecule has 4 rings (SSSR count). The number of halogens is 1. The van der Waals surface area contributed by atoms with E-state index in [1.807, 2.05) is 42.5 Å². The van der Waals surface area contributed by atoms with Crippen molar-refractivity contribution in [1.82, 2.24) is 15.2 Å². The number of hydrogen-bond donors (Lipinski definition) is 2. The fraction of sp³-hybridized carbons (Fsp3) is 0.333. The van der Waals surface area contributed by atoms with E-state index in [1.165, 1.54) is 6.07 Å². The van der Waals surface area contributed by atoms with Crippen LogP contribution in [0, 0.1) is 5.82 Å². The van der Waals surface area contributed by atoms with E-state index in [0.717, 1.165) is 5.56 Å². The van der Waals surface area contributed by atoms with Crippen LogP contribution < -0.4 is 10.1 Å². The predicted molar refractivity (Wildman–Crippen MR) is 128 cm³/mol. The highest BCUT2D eigenvalue weighted by molar-refractivity contribution is 5.74. The van der Waals surface area contributed by atoms with Crippen LogP contribution in [0.5, 0.6) is 5.75 Å². The minimum absolute atomic E-state index is 0.00521. The van der Waals surface area contributed by atoms with Gasteiger partial charge < -0.3 is 20.1 Å². The molecule has 0 bridgehead atoms. The van der Waals surface area contributed by atoms with Crippen molar-refractivity contribution in [2.24, 2.45) is 0 Å². The van der Waals surface area contributed by atoms with Crippen LogP contribution in [0.15, 0.2) is 72.9 Å². The second-order valence-electron chi connectivity index (χ2n) is 8.78. The van der Waals surface area contributed by atoms with E-state index in [0.29, 0.717) is 49.3 Å². The van der Waals surface area contributed by atoms with Crippen LogP contribution >= 0.6 is 0 Å². The lowest BCUT2D eigenvalue weighted by atomic mass is 9.79. The SMILES string of the molecule is CN(C(=O)NCc1ccccc1F)C1CCC(O)(c2ccc(OCc3ccccc3)cn2)CC1. The van der Waals surface area contributed by atoms with Crippen molar-refractivity contribution in [3.05, 3.63) is 95.6 Å². The van der Waals surface area contributed by atoms with Gasteiger partial charge >= 0.3 is 6.03 Å². The molecule has 2 aromatic carbocycles. The number of aromatic nitrogens is 1. The fourth-order valence-electron chi connectivity index (χ4n) is 4.31. The van der Waals surface area contributed by atoms with Gasteiger partial charge in [-0.25, -0.2) is 9.18 Å². The standard InChI is InChI=1S/C27H30FN3O3/c1-31(26(32)30-17-21-9-5-6-10-24(21)28)22-13-15-27(33,16-14-22)25-12-11-23(18-29-25)34-19-20-7-3-2-4-8-20/h2-12,18,22,33H,13-17,19H2,1H3,(H,30,32). The summed E-state index contributed by atoms with van der Waals surface area (Å²) in [7, 11) is 1.74. The molecule has 3 aromatic rings. The summed E-state index contributed by atoms with van der Waals surface area (Å²) >= 11 is 0. The summed E-state index contributed by atoms with van der Waals surface area (Å²) < 4.78 is 19.6. The molecule has 1 aliphatic rings. The molecule has 34 heavy (non-hydrogen) atoms. The molecule has 0 unspecified atom stereocenters. The monoisotopic (exact) mass is 463 g/mol. The van der Waals surface area contributed by atoms with Crippen molar-refractivity contribution in [3.8, 4) is 5.75 Å². The molecule has 0 saturated heterocycles. The first-order valence-electron chi connectivity index (χ1n) is 11.5. The minimum Gasteiger partial charge on any atom is -0.487 e. The summed E-state index contributed by atoms with van der Waals surface area (Å²) in [4.78, 5) is 18.7. The molecule has 1 heterocycles. The van der Waals surface area contributed by atoms with Gasteiger partial charge in [0.15, 0.2) is 0 Å². The molecule has 2 N–H and O–H groups in total. The van der Waals surface area contributed by atoms with Gasteiger partial charge in [0.05, 0.1) is 11.9 Å². The largest absolute Gasteiger partial charge is 0.487 e. The van der Waals surface area contributed by atoms with Gasteiger partial charge in [0.25, 0.3) is 0 Å². The molecule has 0 aliphatic heterocycles. The average Bonchev–Trinajstić information content (AvgIpc) is 2.88. The zero-order valence-corrected chi connectivity index (χ0v) is 19.3. The number of urea groups is 1. The fourth-order valence-corrected chi connectivity index (χ4v) is 4.31. The molecule has 6 nitrogen and oxygen atoms in total. The third kappa shape index (κ3) is 5.72. The van der Waals surface area contributed by atoms with Crippen molar-refractivity contribution >= 4 is 6.03 Å². The van der Waals surface area contributed by atoms with Crippen LogP contribution in [-0.2, 0) is 18.8 Å². The van der Waals surface area contributed by atoms with Gasteiger partial charge in [0, 0.05) is 25.2 Å². The van der Waals surface area contributed by atoms with Crippen LogP contribution in [-0.4, -0.2) is 34.1 Å². The zero-order chi connectivity index (χ0) is 24.0. The maximum atomic E-state index is 13.8. The van der Waals surface area contributed by atoms with E-state index in [2.05, 4.69) is 10.3 Å². The van der Waals surface area contributed by atoms with Crippen LogP contribution in [0.4, 0.5) is 9.18 Å². The smallest absolute Gasteiger partial charge is 0.317 e. The Hall–Kier alpha value is -3.45. The Morgan fingerprint density at radius 2 is 1.82 bits per heavy atom. The Kier molecular flexibility index (Phi) is 7.43. The van der Waals surface area contributed by atoms with Gasteiger partial charge in [0.2, 0.25) is 0 Å². The third-order valence-electron chi connectivity index (χ3n) is 6.50. The maximum Gasteiger partial charge on any atom is 0.317 e. The predicted octanol–water partition coefficient (Wildman–Crippen LogP) is 4.77. The van der Waals surface area contributed by atoms with E-state index in [1.54, 1.807) is 36.3 Å². The number of nitrogens with one attached hydrogen (secondary N) is 1. The van der Waals surface area contributed by atoms with E-state index >= 15 is 0 Å². The quantitative estimate of drug-likeness (QED) is 0.529. The number of benzene rings is 2. The van der Waals surface area contributed by atoms with E-state index in [-0.39, 0.29) is 24.4 Å². The molecule has 7 heteroatoms. The summed E-state index contributed by atoms with van der Waals surface area (Å²) in [6.07, 6.45) is 3.94. The van der Waals surface area contributed by atoms with Gasteiger partial charge in [-0.1, -0.05) is 48.5 Å². The van der Waals surface area contributed by atoms with Crippen molar-refractivity contribution < 1.29 is 19.0 Å². The number of hydrogen-bond acceptors (Lipinski definition) is 4. The summed E-state index contributed by atoms with van der Waals surface area (Å²) in [6, 6.07) is 19.7. The highest BCUT2D eigenvalue weighted by Gasteiger charge is 2.38. The number of carbonyl (C=O) groups excluding carboxylic acids is 1. The Balaban J connectivity index is 1.27. The first-order chi connectivity index (χ1) is 16.4. The molecule has 0 spiro atoms. The second-order valence-corrected chi connectivity index (χ2v) is 8.78. The first kappa shape index (κ1) is 23.7. The lowest BCUT2D eigenvalue weighted by molar-refractivity contribution is -0.0212. The first-order valence-corrected chi connectivity index (χ1v) is 11.5. The summed E-state index contributed by atoms with van der Waals surface area (Å²) in [5.74, 6) is 0.313. The Labute approximate surface area is 199 Å². The lowest BCUT2D eigenvalue weighted by Gasteiger charge is -2.39. The second kappa shape index (κ2) is 10.7. The molecule has 0 radical (unpaired) electrons. The summed E-state index contributed by atoms with van der Waals surface area (Å²) in [6.45, 7) is 0.592. The van der Waals surface area contributed by atoms with Gasteiger partial charge in [-0.3, -0.25) is 4.98 Å². The molecule has 1 fully saturated rings. The number of nitrogens with zero attached hydrogens (tertiary/aromatic N) is 2. The lowest BCUT2D eigenvalue weighted by Crippen LogP contribution is -2.47. The molecular formula is C27H30FN3O3. The van der Waals surface area contributed by atoms with Crippen molar-refractivity contribution in [3.63, 3.8) is 0 Å². The van der Waals surface area contributed by atoms with Crippen molar-refractivity contribution in [2.75, 3.05) is 7.05 Å². The molecule has 1 aromatic heterocycles. The number of rotatable bonds is 7. The molecule has 178 valence electrons. The minimum atomic E-state index is -1.03. The molecule has 0 atom stereocenters. The van der Waals surface area contributed by atoms with Gasteiger partial charge in [0.1, 0.15) is 23.8 Å². The van der Waals surface area contributed by atoms with Gasteiger partial charge in [-0.2, -0.15) is 0 Å². The highest BCUT2D eigenvalue weighted by Crippen LogP contribution is 2.38. The number of pyridine rings is 1. The highest BCUT2D eigenvalue weighted by atomic mass is 19.1. The topological polar surface area (TPSA) is 74.7 Å². The van der Waals surface area contributed by atoms with Gasteiger partial charge in [-0.15, -0.1) is 0 Å². The molecule has 1 aliphatic carbocycles. The van der Waals surface area contributed by atoms with Crippen LogP contribution in [0.1, 0.15) is 42.5 Å². The van der Waals surface area contributed by atoms with Gasteiger partial charge in [-0.05, 0) is 49.4 Å². The molecule has 1 saturated carbocycles. The normalized spacial score (nSPS) is 19.9. The summed E-state index contributed by atoms with van der Waals surface area (Å²) in [5.41, 5.74) is 1.11. The number of carbonyl (C=O) groups is 1. The molecular weight excluding hydrogens is 433 g/mol. The molecule has 2 amide bonds. The van der Waals surface area contributed by atoms with E-state index in [4.69, 9.17) is 4.74 Å². The Morgan fingerprint density at radius 1 is 1.12 bits per heavy atom.